The van der Waals surface area contributed by atoms with Crippen LogP contribution in [0.1, 0.15) is 39.4 Å². The number of thioether (sulfide) groups is 1. The number of hydrogen-bond donors (Lipinski definition) is 1. The summed E-state index contributed by atoms with van der Waals surface area (Å²) in [7, 11) is 0. The van der Waals surface area contributed by atoms with Crippen LogP contribution in [-0.4, -0.2) is 15.7 Å². The molecule has 1 aromatic heterocycles. The van der Waals surface area contributed by atoms with Gasteiger partial charge in [0.05, 0.1) is 11.2 Å². The highest BCUT2D eigenvalue weighted by atomic mass is 35.5. The van der Waals surface area contributed by atoms with Crippen molar-refractivity contribution in [3.05, 3.63) is 41.0 Å². The zero-order chi connectivity index (χ0) is 15.7. The molecule has 0 radical (unpaired) electrons. The Bertz CT molecular complexity index is 602. The van der Waals surface area contributed by atoms with Crippen molar-refractivity contribution >= 4 is 23.4 Å². The van der Waals surface area contributed by atoms with Crippen molar-refractivity contribution in [2.24, 2.45) is 5.73 Å². The average molecular weight is 326 g/mol. The predicted molar refractivity (Wildman–Crippen MR) is 86.6 cm³/mol. The molecule has 0 saturated carbocycles. The van der Waals surface area contributed by atoms with Crippen molar-refractivity contribution in [3.8, 4) is 0 Å². The molecule has 1 heterocycles. The molecule has 0 spiro atoms. The molecule has 4 nitrogen and oxygen atoms in total. The van der Waals surface area contributed by atoms with Crippen molar-refractivity contribution in [2.45, 2.75) is 49.3 Å². The van der Waals surface area contributed by atoms with E-state index in [0.717, 1.165) is 9.92 Å². The number of halogens is 1. The van der Waals surface area contributed by atoms with Crippen LogP contribution in [0.5, 0.6) is 0 Å². The maximum absolute atomic E-state index is 6.19. The molecule has 0 aliphatic heterocycles. The van der Waals surface area contributed by atoms with E-state index >= 15 is 0 Å². The zero-order valence-electron chi connectivity index (χ0n) is 12.7. The second-order valence-corrected chi connectivity index (χ2v) is 7.59. The third-order valence-electron chi connectivity index (χ3n) is 3.80. The first kappa shape index (κ1) is 16.3. The number of hydrogen-bond acceptors (Lipinski definition) is 5. The van der Waals surface area contributed by atoms with Crippen LogP contribution in [0.2, 0.25) is 5.02 Å². The lowest BCUT2D eigenvalue weighted by Crippen LogP contribution is -2.50. The number of nitrogens with two attached hydrogens (primary N) is 1. The number of rotatable bonds is 5. The van der Waals surface area contributed by atoms with Crippen molar-refractivity contribution in [1.29, 1.82) is 0 Å². The van der Waals surface area contributed by atoms with Crippen LogP contribution >= 0.6 is 23.4 Å². The fourth-order valence-corrected chi connectivity index (χ4v) is 2.39. The third kappa shape index (κ3) is 3.78. The Labute approximate surface area is 134 Å². The van der Waals surface area contributed by atoms with Crippen molar-refractivity contribution < 1.29 is 4.52 Å². The van der Waals surface area contributed by atoms with Crippen LogP contribution in [0.3, 0.4) is 0 Å². The molecule has 0 amide bonds. The Balaban J connectivity index is 2.05. The lowest BCUT2D eigenvalue weighted by atomic mass is 9.75. The molecule has 0 aliphatic carbocycles. The molecular formula is C15H20ClN3OS. The lowest BCUT2D eigenvalue weighted by molar-refractivity contribution is 0.222. The Morgan fingerprint density at radius 2 is 1.81 bits per heavy atom. The molecule has 114 valence electrons. The number of benzene rings is 1. The molecule has 21 heavy (non-hydrogen) atoms. The van der Waals surface area contributed by atoms with Gasteiger partial charge in [-0.15, -0.1) is 11.8 Å². The van der Waals surface area contributed by atoms with Crippen molar-refractivity contribution in [2.75, 3.05) is 0 Å². The van der Waals surface area contributed by atoms with Gasteiger partial charge in [-0.25, -0.2) is 0 Å². The molecule has 0 atom stereocenters. The van der Waals surface area contributed by atoms with E-state index in [1.807, 2.05) is 52.0 Å². The monoisotopic (exact) mass is 325 g/mol. The minimum absolute atomic E-state index is 0.386. The van der Waals surface area contributed by atoms with Gasteiger partial charge in [0.25, 0.3) is 0 Å². The van der Waals surface area contributed by atoms with E-state index in [1.54, 1.807) is 11.8 Å². The predicted octanol–water partition coefficient (Wildman–Crippen LogP) is 4.03. The normalized spacial score (nSPS) is 12.7. The Hall–Kier alpha value is -1.04. The molecule has 0 bridgehead atoms. The summed E-state index contributed by atoms with van der Waals surface area (Å²) < 4.78 is 5.39. The van der Waals surface area contributed by atoms with Gasteiger partial charge in [0.1, 0.15) is 0 Å². The summed E-state index contributed by atoms with van der Waals surface area (Å²) in [5.74, 6) is 1.88. The SMILES string of the molecule is CC(C)(N)C(C)(C)c1nc(CSc2ccc(Cl)cc2)no1. The Morgan fingerprint density at radius 3 is 2.38 bits per heavy atom. The van der Waals surface area contributed by atoms with Gasteiger partial charge in [0.2, 0.25) is 5.89 Å². The molecule has 2 N–H and O–H groups in total. The summed E-state index contributed by atoms with van der Waals surface area (Å²) in [4.78, 5) is 5.59. The van der Waals surface area contributed by atoms with E-state index in [4.69, 9.17) is 21.9 Å². The van der Waals surface area contributed by atoms with Gasteiger partial charge in [-0.1, -0.05) is 16.8 Å². The van der Waals surface area contributed by atoms with Crippen molar-refractivity contribution in [1.82, 2.24) is 10.1 Å². The molecule has 2 rings (SSSR count). The zero-order valence-corrected chi connectivity index (χ0v) is 14.3. The fraction of sp³-hybridized carbons (Fsp3) is 0.467. The Morgan fingerprint density at radius 1 is 1.19 bits per heavy atom. The van der Waals surface area contributed by atoms with Gasteiger partial charge in [0.15, 0.2) is 5.82 Å². The van der Waals surface area contributed by atoms with Gasteiger partial charge in [-0.2, -0.15) is 4.98 Å². The van der Waals surface area contributed by atoms with Gasteiger partial charge in [-0.05, 0) is 52.0 Å². The standard InChI is InChI=1S/C15H20ClN3OS/c1-14(2,15(3,4)17)13-18-12(19-20-13)9-21-11-7-5-10(16)6-8-11/h5-8H,9,17H2,1-4H3. The second kappa shape index (κ2) is 5.99. The first-order chi connectivity index (χ1) is 9.70. The smallest absolute Gasteiger partial charge is 0.234 e. The van der Waals surface area contributed by atoms with Crippen LogP contribution in [0.25, 0.3) is 0 Å². The highest BCUT2D eigenvalue weighted by Gasteiger charge is 2.40. The third-order valence-corrected chi connectivity index (χ3v) is 5.06. The maximum Gasteiger partial charge on any atom is 0.234 e. The van der Waals surface area contributed by atoms with E-state index in [1.165, 1.54) is 0 Å². The maximum atomic E-state index is 6.19. The van der Waals surface area contributed by atoms with Crippen LogP contribution in [0.4, 0.5) is 0 Å². The highest BCUT2D eigenvalue weighted by Crippen LogP contribution is 2.32. The average Bonchev–Trinajstić information content (AvgIpc) is 2.86. The van der Waals surface area contributed by atoms with E-state index in [2.05, 4.69) is 10.1 Å². The quantitative estimate of drug-likeness (QED) is 0.841. The minimum atomic E-state index is -0.444. The summed E-state index contributed by atoms with van der Waals surface area (Å²) in [6, 6.07) is 7.68. The highest BCUT2D eigenvalue weighted by molar-refractivity contribution is 7.98. The minimum Gasteiger partial charge on any atom is -0.339 e. The molecule has 0 aliphatic rings. The Kier molecular flexibility index (Phi) is 4.66. The molecule has 6 heteroatoms. The second-order valence-electron chi connectivity index (χ2n) is 6.11. The van der Waals surface area contributed by atoms with Gasteiger partial charge in [-0.3, -0.25) is 0 Å². The summed E-state index contributed by atoms with van der Waals surface area (Å²) >= 11 is 7.50. The molecule has 2 aromatic rings. The number of nitrogens with zero attached hydrogens (tertiary/aromatic N) is 2. The number of aromatic nitrogens is 2. The largest absolute Gasteiger partial charge is 0.339 e. The molecule has 0 fully saturated rings. The van der Waals surface area contributed by atoms with Crippen LogP contribution in [-0.2, 0) is 11.2 Å². The summed E-state index contributed by atoms with van der Waals surface area (Å²) in [6.45, 7) is 7.94. The van der Waals surface area contributed by atoms with Crippen molar-refractivity contribution in [3.63, 3.8) is 0 Å². The lowest BCUT2D eigenvalue weighted by Gasteiger charge is -2.34. The van der Waals surface area contributed by atoms with Gasteiger partial charge >= 0.3 is 0 Å². The summed E-state index contributed by atoms with van der Waals surface area (Å²) in [6.07, 6.45) is 0. The fourth-order valence-electron chi connectivity index (χ4n) is 1.52. The molecule has 0 unspecified atom stereocenters. The molecule has 1 aromatic carbocycles. The molecular weight excluding hydrogens is 306 g/mol. The first-order valence-corrected chi connectivity index (χ1v) is 8.07. The first-order valence-electron chi connectivity index (χ1n) is 6.70. The topological polar surface area (TPSA) is 64.9 Å². The van der Waals surface area contributed by atoms with E-state index < -0.39 is 5.54 Å². The molecule has 0 saturated heterocycles. The summed E-state index contributed by atoms with van der Waals surface area (Å²) in [5.41, 5.74) is 5.36. The summed E-state index contributed by atoms with van der Waals surface area (Å²) in [5, 5.41) is 4.77. The van der Waals surface area contributed by atoms with Gasteiger partial charge < -0.3 is 10.3 Å². The van der Waals surface area contributed by atoms with Gasteiger partial charge in [0, 0.05) is 15.5 Å². The van der Waals surface area contributed by atoms with E-state index in [-0.39, 0.29) is 5.41 Å². The van der Waals surface area contributed by atoms with Crippen LogP contribution < -0.4 is 5.73 Å². The van der Waals surface area contributed by atoms with E-state index in [9.17, 15) is 0 Å². The van der Waals surface area contributed by atoms with E-state index in [0.29, 0.717) is 17.5 Å². The van der Waals surface area contributed by atoms with Crippen LogP contribution in [0, 0.1) is 0 Å². The van der Waals surface area contributed by atoms with Crippen LogP contribution in [0.15, 0.2) is 33.7 Å².